The summed E-state index contributed by atoms with van der Waals surface area (Å²) in [6, 6.07) is 0.226. The molecule has 4 nitrogen and oxygen atoms in total. The molecule has 2 rings (SSSR count). The number of nitrogens with zero attached hydrogens (tertiary/aromatic N) is 1. The van der Waals surface area contributed by atoms with Crippen molar-refractivity contribution < 1.29 is 14.6 Å². The van der Waals surface area contributed by atoms with Crippen molar-refractivity contribution in [3.8, 4) is 0 Å². The second kappa shape index (κ2) is 6.69. The van der Waals surface area contributed by atoms with Crippen LogP contribution in [0.1, 0.15) is 32.6 Å². The van der Waals surface area contributed by atoms with E-state index in [0.717, 1.165) is 37.1 Å². The summed E-state index contributed by atoms with van der Waals surface area (Å²) in [4.78, 5) is 13.7. The van der Waals surface area contributed by atoms with Gasteiger partial charge in [-0.1, -0.05) is 25.2 Å². The predicted octanol–water partition coefficient (Wildman–Crippen LogP) is 3.22. The van der Waals surface area contributed by atoms with Gasteiger partial charge in [-0.3, -0.25) is 4.79 Å². The van der Waals surface area contributed by atoms with E-state index in [1.165, 1.54) is 0 Å². The second-order valence-electron chi connectivity index (χ2n) is 6.87. The van der Waals surface area contributed by atoms with Gasteiger partial charge in [0.2, 0.25) is 0 Å². The third-order valence-electron chi connectivity index (χ3n) is 5.32. The average Bonchev–Trinajstić information content (AvgIpc) is 2.46. The molecule has 1 aliphatic carbocycles. The van der Waals surface area contributed by atoms with E-state index < -0.39 is 5.97 Å². The Hall–Kier alpha value is -1.55. The SMILES string of the molecule is C=C1/C=C\C(OC)=C/C[C@@]2(C)CCN(C)C(C1)[C@@H]2CC(=O)O. The van der Waals surface area contributed by atoms with Gasteiger partial charge in [-0.2, -0.15) is 0 Å². The number of piperidine rings is 1. The van der Waals surface area contributed by atoms with Crippen molar-refractivity contribution in [1.82, 2.24) is 4.90 Å². The number of fused-ring (bicyclic) bond motifs is 2. The van der Waals surface area contributed by atoms with Crippen LogP contribution in [0.15, 0.2) is 36.1 Å². The van der Waals surface area contributed by atoms with Crippen molar-refractivity contribution in [3.63, 3.8) is 0 Å². The number of carboxylic acid groups (broad SMARTS) is 1. The Morgan fingerprint density at radius 3 is 2.91 bits per heavy atom. The molecule has 0 aromatic rings. The van der Waals surface area contributed by atoms with E-state index in [-0.39, 0.29) is 23.8 Å². The first-order chi connectivity index (χ1) is 10.4. The molecule has 4 heteroatoms. The topological polar surface area (TPSA) is 49.8 Å². The summed E-state index contributed by atoms with van der Waals surface area (Å²) in [6.07, 6.45) is 8.89. The molecule has 1 saturated heterocycles. The first-order valence-electron chi connectivity index (χ1n) is 7.88. The number of hydrogen-bond donors (Lipinski definition) is 1. The van der Waals surface area contributed by atoms with Gasteiger partial charge in [-0.05, 0) is 56.3 Å². The van der Waals surface area contributed by atoms with Crippen LogP contribution >= 0.6 is 0 Å². The first-order valence-corrected chi connectivity index (χ1v) is 7.88. The van der Waals surface area contributed by atoms with Crippen LogP contribution in [0.3, 0.4) is 0 Å². The number of allylic oxidation sites excluding steroid dienone is 3. The summed E-state index contributed by atoms with van der Waals surface area (Å²) in [5.74, 6) is 0.223. The maximum absolute atomic E-state index is 11.4. The van der Waals surface area contributed by atoms with Crippen molar-refractivity contribution >= 4 is 5.97 Å². The highest BCUT2D eigenvalue weighted by Gasteiger charge is 2.44. The minimum absolute atomic E-state index is 0.0230. The molecule has 1 fully saturated rings. The number of likely N-dealkylation sites (tertiary alicyclic amines) is 1. The van der Waals surface area contributed by atoms with E-state index in [2.05, 4.69) is 31.5 Å². The lowest BCUT2D eigenvalue weighted by Crippen LogP contribution is -2.52. The summed E-state index contributed by atoms with van der Waals surface area (Å²) < 4.78 is 5.40. The highest BCUT2D eigenvalue weighted by molar-refractivity contribution is 5.67. The van der Waals surface area contributed by atoms with Crippen LogP contribution in [0.4, 0.5) is 0 Å². The van der Waals surface area contributed by atoms with Gasteiger partial charge in [-0.15, -0.1) is 0 Å². The van der Waals surface area contributed by atoms with Crippen LogP contribution in [0.2, 0.25) is 0 Å². The fraction of sp³-hybridized carbons (Fsp3) is 0.611. The Balaban J connectivity index is 2.41. The van der Waals surface area contributed by atoms with Crippen LogP contribution in [0.25, 0.3) is 0 Å². The molecular weight excluding hydrogens is 278 g/mol. The van der Waals surface area contributed by atoms with Gasteiger partial charge in [-0.25, -0.2) is 0 Å². The second-order valence-corrected chi connectivity index (χ2v) is 6.87. The van der Waals surface area contributed by atoms with Crippen LogP contribution < -0.4 is 0 Å². The lowest BCUT2D eigenvalue weighted by atomic mass is 9.63. The molecule has 0 aromatic carbocycles. The predicted molar refractivity (Wildman–Crippen MR) is 87.5 cm³/mol. The highest BCUT2D eigenvalue weighted by Crippen LogP contribution is 2.46. The van der Waals surface area contributed by atoms with Crippen LogP contribution in [0.5, 0.6) is 0 Å². The summed E-state index contributed by atoms with van der Waals surface area (Å²) in [5.41, 5.74) is 0.992. The molecule has 0 aromatic heterocycles. The summed E-state index contributed by atoms with van der Waals surface area (Å²) >= 11 is 0. The van der Waals surface area contributed by atoms with Crippen molar-refractivity contribution in [2.45, 2.75) is 38.6 Å². The van der Waals surface area contributed by atoms with E-state index >= 15 is 0 Å². The molecule has 2 bridgehead atoms. The monoisotopic (exact) mass is 305 g/mol. The van der Waals surface area contributed by atoms with E-state index in [1.807, 2.05) is 12.2 Å². The molecule has 122 valence electrons. The lowest BCUT2D eigenvalue weighted by molar-refractivity contribution is -0.141. The molecule has 3 atom stereocenters. The molecule has 1 N–H and O–H groups in total. The molecule has 22 heavy (non-hydrogen) atoms. The lowest BCUT2D eigenvalue weighted by Gasteiger charge is -2.50. The van der Waals surface area contributed by atoms with Gasteiger partial charge in [0.25, 0.3) is 0 Å². The number of rotatable bonds is 3. The zero-order chi connectivity index (χ0) is 16.3. The van der Waals surface area contributed by atoms with Crippen molar-refractivity contribution in [2.75, 3.05) is 20.7 Å². The van der Waals surface area contributed by atoms with Gasteiger partial charge in [0.05, 0.1) is 13.5 Å². The Kier molecular flexibility index (Phi) is 5.12. The highest BCUT2D eigenvalue weighted by atomic mass is 16.5. The smallest absolute Gasteiger partial charge is 0.303 e. The fourth-order valence-corrected chi connectivity index (χ4v) is 3.77. The third-order valence-corrected chi connectivity index (χ3v) is 5.32. The molecule has 0 saturated carbocycles. The molecule has 1 heterocycles. The number of carboxylic acids is 1. The van der Waals surface area contributed by atoms with Gasteiger partial charge < -0.3 is 14.7 Å². The quantitative estimate of drug-likeness (QED) is 0.870. The summed E-state index contributed by atoms with van der Waals surface area (Å²) in [5, 5.41) is 9.38. The molecule has 0 spiro atoms. The average molecular weight is 305 g/mol. The maximum atomic E-state index is 11.4. The summed E-state index contributed by atoms with van der Waals surface area (Å²) in [7, 11) is 3.76. The van der Waals surface area contributed by atoms with Gasteiger partial charge in [0.15, 0.2) is 0 Å². The van der Waals surface area contributed by atoms with Crippen molar-refractivity contribution in [3.05, 3.63) is 36.1 Å². The van der Waals surface area contributed by atoms with Crippen molar-refractivity contribution in [2.24, 2.45) is 11.3 Å². The van der Waals surface area contributed by atoms with E-state index in [0.29, 0.717) is 0 Å². The van der Waals surface area contributed by atoms with Crippen molar-refractivity contribution in [1.29, 1.82) is 0 Å². The Morgan fingerprint density at radius 2 is 2.27 bits per heavy atom. The Bertz CT molecular complexity index is 508. The molecule has 2 aliphatic rings. The third kappa shape index (κ3) is 3.61. The molecular formula is C18H27NO3. The van der Waals surface area contributed by atoms with E-state index in [9.17, 15) is 9.90 Å². The van der Waals surface area contributed by atoms with Gasteiger partial charge in [0, 0.05) is 6.04 Å². The van der Waals surface area contributed by atoms with Gasteiger partial charge in [0.1, 0.15) is 5.76 Å². The Morgan fingerprint density at radius 1 is 1.55 bits per heavy atom. The number of hydrogen-bond acceptors (Lipinski definition) is 3. The maximum Gasteiger partial charge on any atom is 0.303 e. The molecule has 0 radical (unpaired) electrons. The Labute approximate surface area is 133 Å². The van der Waals surface area contributed by atoms with Crippen LogP contribution in [0, 0.1) is 11.3 Å². The first kappa shape index (κ1) is 16.8. The number of aliphatic carboxylic acids is 1. The van der Waals surface area contributed by atoms with Gasteiger partial charge >= 0.3 is 5.97 Å². The number of ether oxygens (including phenoxy) is 1. The number of carbonyl (C=O) groups is 1. The van der Waals surface area contributed by atoms with E-state index in [4.69, 9.17) is 4.74 Å². The minimum Gasteiger partial charge on any atom is -0.497 e. The van der Waals surface area contributed by atoms with E-state index in [1.54, 1.807) is 7.11 Å². The molecule has 0 amide bonds. The largest absolute Gasteiger partial charge is 0.497 e. The zero-order valence-electron chi connectivity index (χ0n) is 13.8. The number of methoxy groups -OCH3 is 1. The molecule has 1 aliphatic heterocycles. The normalized spacial score (nSPS) is 37.0. The van der Waals surface area contributed by atoms with Crippen LogP contribution in [-0.4, -0.2) is 42.7 Å². The zero-order valence-corrected chi connectivity index (χ0v) is 13.8. The standard InChI is InChI=1S/C18H27NO3/c1-13-5-6-14(22-4)7-8-18(2)9-10-19(3)16(11-13)15(18)12-17(20)21/h5-7,15-16H,1,8-12H2,2-4H3,(H,20,21)/b6-5-,14-7+/t15-,16?,18-/m0/s1. The summed E-state index contributed by atoms with van der Waals surface area (Å²) in [6.45, 7) is 7.34. The minimum atomic E-state index is -0.717. The fourth-order valence-electron chi connectivity index (χ4n) is 3.77. The molecule has 1 unspecified atom stereocenters. The van der Waals surface area contributed by atoms with Crippen LogP contribution in [-0.2, 0) is 9.53 Å².